The van der Waals surface area contributed by atoms with Crippen molar-refractivity contribution in [3.05, 3.63) is 11.8 Å². The highest BCUT2D eigenvalue weighted by Crippen LogP contribution is 2.49. The van der Waals surface area contributed by atoms with Gasteiger partial charge in [0.2, 0.25) is 11.8 Å². The average molecular weight is 275 g/mol. The van der Waals surface area contributed by atoms with Crippen molar-refractivity contribution in [1.29, 1.82) is 0 Å². The lowest BCUT2D eigenvalue weighted by atomic mass is 9.98. The second-order valence-corrected chi connectivity index (χ2v) is 6.24. The van der Waals surface area contributed by atoms with Gasteiger partial charge in [0.15, 0.2) is 0 Å². The number of aryl methyl sites for hydroxylation is 1. The summed E-state index contributed by atoms with van der Waals surface area (Å²) in [4.78, 5) is 8.93. The van der Waals surface area contributed by atoms with Crippen LogP contribution in [0.15, 0.2) is 6.07 Å². The Balaban J connectivity index is 1.59. The molecule has 1 aromatic heterocycles. The number of hydrogen-bond acceptors (Lipinski definition) is 4. The van der Waals surface area contributed by atoms with Gasteiger partial charge in [0, 0.05) is 18.3 Å². The zero-order chi connectivity index (χ0) is 13.9. The Morgan fingerprint density at radius 1 is 1.25 bits per heavy atom. The summed E-state index contributed by atoms with van der Waals surface area (Å²) in [6.45, 7) is 5.82. The minimum Gasteiger partial charge on any atom is -0.478 e. The topological polar surface area (TPSA) is 47.0 Å². The fourth-order valence-corrected chi connectivity index (χ4v) is 2.88. The first-order chi connectivity index (χ1) is 9.76. The van der Waals surface area contributed by atoms with Gasteiger partial charge >= 0.3 is 0 Å². The summed E-state index contributed by atoms with van der Waals surface area (Å²) in [5.41, 5.74) is 0.961. The van der Waals surface area contributed by atoms with Crippen molar-refractivity contribution in [3.8, 4) is 5.88 Å². The summed E-state index contributed by atoms with van der Waals surface area (Å²) in [6.07, 6.45) is 6.67. The van der Waals surface area contributed by atoms with E-state index in [0.29, 0.717) is 12.5 Å². The van der Waals surface area contributed by atoms with E-state index in [2.05, 4.69) is 22.2 Å². The van der Waals surface area contributed by atoms with E-state index in [4.69, 9.17) is 4.74 Å². The smallest absolute Gasteiger partial charge is 0.226 e. The van der Waals surface area contributed by atoms with E-state index in [1.165, 1.54) is 25.7 Å². The number of nitrogens with zero attached hydrogens (tertiary/aromatic N) is 2. The fraction of sp³-hybridized carbons (Fsp3) is 0.750. The number of ether oxygens (including phenoxy) is 1. The van der Waals surface area contributed by atoms with E-state index in [1.807, 2.05) is 13.0 Å². The zero-order valence-electron chi connectivity index (χ0n) is 12.6. The van der Waals surface area contributed by atoms with Crippen LogP contribution in [0.3, 0.4) is 0 Å². The first-order valence-electron chi connectivity index (χ1n) is 7.98. The maximum atomic E-state index is 5.61. The molecule has 2 aliphatic carbocycles. The molecule has 0 unspecified atom stereocenters. The zero-order valence-corrected chi connectivity index (χ0v) is 12.6. The first-order valence-corrected chi connectivity index (χ1v) is 7.98. The first kappa shape index (κ1) is 13.7. The molecule has 0 amide bonds. The highest BCUT2D eigenvalue weighted by molar-refractivity contribution is 5.30. The number of aromatic nitrogens is 2. The van der Waals surface area contributed by atoms with Gasteiger partial charge in [-0.3, -0.25) is 0 Å². The largest absolute Gasteiger partial charge is 0.478 e. The molecule has 0 aromatic carbocycles. The standard InChI is InChI=1S/C16H25N3O/c1-3-8-20-15-9-11(2)18-16(19-15)17-10-14(12-4-5-12)13-6-7-13/h9,12-14H,3-8,10H2,1-2H3,(H,17,18,19). The third kappa shape index (κ3) is 3.62. The molecular weight excluding hydrogens is 250 g/mol. The number of nitrogens with one attached hydrogen (secondary N) is 1. The highest BCUT2D eigenvalue weighted by atomic mass is 16.5. The van der Waals surface area contributed by atoms with Gasteiger partial charge in [-0.25, -0.2) is 4.98 Å². The predicted molar refractivity (Wildman–Crippen MR) is 80.0 cm³/mol. The van der Waals surface area contributed by atoms with Crippen molar-refractivity contribution in [2.24, 2.45) is 17.8 Å². The van der Waals surface area contributed by atoms with Crippen LogP contribution in [0.1, 0.15) is 44.7 Å². The highest BCUT2D eigenvalue weighted by Gasteiger charge is 2.41. The second-order valence-electron chi connectivity index (χ2n) is 6.24. The van der Waals surface area contributed by atoms with E-state index in [1.54, 1.807) is 0 Å². The van der Waals surface area contributed by atoms with Gasteiger partial charge in [-0.05, 0) is 56.8 Å². The van der Waals surface area contributed by atoms with Crippen LogP contribution in [0.2, 0.25) is 0 Å². The third-order valence-corrected chi connectivity index (χ3v) is 4.24. The van der Waals surface area contributed by atoms with Gasteiger partial charge in [0.05, 0.1) is 6.61 Å². The molecule has 3 rings (SSSR count). The molecule has 0 aliphatic heterocycles. The summed E-state index contributed by atoms with van der Waals surface area (Å²) in [7, 11) is 0. The van der Waals surface area contributed by atoms with Crippen LogP contribution in [0.4, 0.5) is 5.95 Å². The molecular formula is C16H25N3O. The Morgan fingerprint density at radius 2 is 1.95 bits per heavy atom. The van der Waals surface area contributed by atoms with Crippen LogP contribution < -0.4 is 10.1 Å². The van der Waals surface area contributed by atoms with Gasteiger partial charge < -0.3 is 10.1 Å². The lowest BCUT2D eigenvalue weighted by Gasteiger charge is -2.16. The quantitative estimate of drug-likeness (QED) is 0.789. The Kier molecular flexibility index (Phi) is 4.08. The number of hydrogen-bond donors (Lipinski definition) is 1. The Hall–Kier alpha value is -1.32. The molecule has 0 radical (unpaired) electrons. The van der Waals surface area contributed by atoms with Crippen molar-refractivity contribution in [2.45, 2.75) is 46.0 Å². The van der Waals surface area contributed by atoms with E-state index in [-0.39, 0.29) is 0 Å². The molecule has 2 saturated carbocycles. The Bertz CT molecular complexity index is 443. The summed E-state index contributed by atoms with van der Waals surface area (Å²) in [6, 6.07) is 1.90. The van der Waals surface area contributed by atoms with Crippen molar-refractivity contribution in [1.82, 2.24) is 9.97 Å². The van der Waals surface area contributed by atoms with Gasteiger partial charge in [-0.15, -0.1) is 0 Å². The van der Waals surface area contributed by atoms with Crippen molar-refractivity contribution in [2.75, 3.05) is 18.5 Å². The molecule has 2 aliphatic rings. The molecule has 0 saturated heterocycles. The van der Waals surface area contributed by atoms with Crippen LogP contribution in [0, 0.1) is 24.7 Å². The van der Waals surface area contributed by atoms with Gasteiger partial charge in [0.25, 0.3) is 0 Å². The Labute approximate surface area is 121 Å². The minimum atomic E-state index is 0.691. The van der Waals surface area contributed by atoms with Crippen molar-refractivity contribution < 1.29 is 4.74 Å². The summed E-state index contributed by atoms with van der Waals surface area (Å²) in [5, 5.41) is 3.44. The van der Waals surface area contributed by atoms with E-state index >= 15 is 0 Å². The van der Waals surface area contributed by atoms with Crippen molar-refractivity contribution in [3.63, 3.8) is 0 Å². The Morgan fingerprint density at radius 3 is 2.55 bits per heavy atom. The summed E-state index contributed by atoms with van der Waals surface area (Å²) < 4.78 is 5.61. The van der Waals surface area contributed by atoms with E-state index in [9.17, 15) is 0 Å². The lowest BCUT2D eigenvalue weighted by Crippen LogP contribution is -2.19. The summed E-state index contributed by atoms with van der Waals surface area (Å²) in [5.74, 6) is 4.16. The molecule has 1 aromatic rings. The molecule has 0 atom stereocenters. The molecule has 0 bridgehead atoms. The third-order valence-electron chi connectivity index (χ3n) is 4.24. The maximum absolute atomic E-state index is 5.61. The van der Waals surface area contributed by atoms with Crippen LogP contribution >= 0.6 is 0 Å². The van der Waals surface area contributed by atoms with Crippen LogP contribution in [-0.4, -0.2) is 23.1 Å². The molecule has 4 nitrogen and oxygen atoms in total. The molecule has 20 heavy (non-hydrogen) atoms. The van der Waals surface area contributed by atoms with Crippen LogP contribution in [0.25, 0.3) is 0 Å². The minimum absolute atomic E-state index is 0.691. The lowest BCUT2D eigenvalue weighted by molar-refractivity contribution is 0.304. The molecule has 2 fully saturated rings. The SMILES string of the molecule is CCCOc1cc(C)nc(NCC(C2CC2)C2CC2)n1. The van der Waals surface area contributed by atoms with Crippen molar-refractivity contribution >= 4 is 5.95 Å². The molecule has 110 valence electrons. The fourth-order valence-electron chi connectivity index (χ4n) is 2.88. The predicted octanol–water partition coefficient (Wildman–Crippen LogP) is 3.42. The summed E-state index contributed by atoms with van der Waals surface area (Å²) >= 11 is 0. The molecule has 0 spiro atoms. The van der Waals surface area contributed by atoms with E-state index in [0.717, 1.165) is 42.4 Å². The second kappa shape index (κ2) is 5.98. The monoisotopic (exact) mass is 275 g/mol. The van der Waals surface area contributed by atoms with Gasteiger partial charge in [-0.2, -0.15) is 4.98 Å². The maximum Gasteiger partial charge on any atom is 0.226 e. The normalized spacial score (nSPS) is 18.4. The number of anilines is 1. The van der Waals surface area contributed by atoms with E-state index < -0.39 is 0 Å². The molecule has 1 heterocycles. The molecule has 4 heteroatoms. The van der Waals surface area contributed by atoms with Crippen LogP contribution in [-0.2, 0) is 0 Å². The average Bonchev–Trinajstić information content (AvgIpc) is 3.28. The number of rotatable bonds is 8. The van der Waals surface area contributed by atoms with Crippen LogP contribution in [0.5, 0.6) is 5.88 Å². The molecule has 1 N–H and O–H groups in total. The van der Waals surface area contributed by atoms with Gasteiger partial charge in [0.1, 0.15) is 0 Å². The van der Waals surface area contributed by atoms with Gasteiger partial charge in [-0.1, -0.05) is 6.92 Å².